The minimum atomic E-state index is -0.462. The molecule has 1 aliphatic heterocycles. The number of carbonyl (C=O) groups excluding carboxylic acids is 1. The van der Waals surface area contributed by atoms with E-state index in [9.17, 15) is 4.79 Å². The van der Waals surface area contributed by atoms with Gasteiger partial charge in [-0.1, -0.05) is 24.3 Å². The zero-order valence-electron chi connectivity index (χ0n) is 13.3. The van der Waals surface area contributed by atoms with Crippen molar-refractivity contribution >= 4 is 33.9 Å². The Bertz CT molecular complexity index is 840. The molecule has 0 fully saturated rings. The maximum absolute atomic E-state index is 12.1. The van der Waals surface area contributed by atoms with E-state index in [-0.39, 0.29) is 11.8 Å². The predicted molar refractivity (Wildman–Crippen MR) is 97.0 cm³/mol. The average Bonchev–Trinajstić information content (AvgIpc) is 2.88. The molecule has 0 amide bonds. The summed E-state index contributed by atoms with van der Waals surface area (Å²) in [7, 11) is 0. The summed E-state index contributed by atoms with van der Waals surface area (Å²) in [5.41, 5.74) is 1.84. The van der Waals surface area contributed by atoms with Crippen molar-refractivity contribution in [3.05, 3.63) is 69.8 Å². The standard InChI is InChI=1S/C19H16BrNO3/c1-12(2)23-14-7-5-6-13(10-14)11-17-19(22)24-18(21-17)15-8-3-4-9-16(15)20/h3-12H,1-2H3/b17-11-. The second-order valence-electron chi connectivity index (χ2n) is 5.55. The van der Waals surface area contributed by atoms with Crippen molar-refractivity contribution < 1.29 is 14.3 Å². The molecule has 1 heterocycles. The molecule has 24 heavy (non-hydrogen) atoms. The highest BCUT2D eigenvalue weighted by Gasteiger charge is 2.25. The summed E-state index contributed by atoms with van der Waals surface area (Å²) < 4.78 is 11.8. The molecular weight excluding hydrogens is 370 g/mol. The minimum absolute atomic E-state index is 0.0874. The molecule has 2 aromatic rings. The van der Waals surface area contributed by atoms with Gasteiger partial charge in [-0.25, -0.2) is 9.79 Å². The Morgan fingerprint density at radius 2 is 1.96 bits per heavy atom. The normalized spacial score (nSPS) is 15.6. The third-order valence-corrected chi connectivity index (χ3v) is 3.95. The van der Waals surface area contributed by atoms with Crippen molar-refractivity contribution in [2.45, 2.75) is 20.0 Å². The van der Waals surface area contributed by atoms with Crippen molar-refractivity contribution in [1.29, 1.82) is 0 Å². The van der Waals surface area contributed by atoms with E-state index in [1.807, 2.05) is 62.4 Å². The van der Waals surface area contributed by atoms with E-state index < -0.39 is 5.97 Å². The minimum Gasteiger partial charge on any atom is -0.491 e. The van der Waals surface area contributed by atoms with Crippen LogP contribution in [0.4, 0.5) is 0 Å². The van der Waals surface area contributed by atoms with Gasteiger partial charge in [0.25, 0.3) is 0 Å². The van der Waals surface area contributed by atoms with E-state index in [0.29, 0.717) is 5.90 Å². The van der Waals surface area contributed by atoms with Gasteiger partial charge >= 0.3 is 5.97 Å². The maximum Gasteiger partial charge on any atom is 0.363 e. The number of cyclic esters (lactones) is 1. The van der Waals surface area contributed by atoms with Crippen LogP contribution in [0, 0.1) is 0 Å². The van der Waals surface area contributed by atoms with Gasteiger partial charge in [-0.2, -0.15) is 0 Å². The average molecular weight is 386 g/mol. The number of ether oxygens (including phenoxy) is 2. The molecule has 0 unspecified atom stereocenters. The number of esters is 1. The fourth-order valence-electron chi connectivity index (χ4n) is 2.27. The zero-order chi connectivity index (χ0) is 17.1. The quantitative estimate of drug-likeness (QED) is 0.571. The van der Waals surface area contributed by atoms with Gasteiger partial charge in [-0.15, -0.1) is 0 Å². The first-order valence-corrected chi connectivity index (χ1v) is 8.36. The van der Waals surface area contributed by atoms with Crippen LogP contribution in [0.5, 0.6) is 5.75 Å². The van der Waals surface area contributed by atoms with Crippen molar-refractivity contribution in [1.82, 2.24) is 0 Å². The van der Waals surface area contributed by atoms with Crippen molar-refractivity contribution in [2.75, 3.05) is 0 Å². The number of aliphatic imine (C=N–C) groups is 1. The van der Waals surface area contributed by atoms with Crippen LogP contribution in [-0.2, 0) is 9.53 Å². The van der Waals surface area contributed by atoms with E-state index in [0.717, 1.165) is 21.3 Å². The van der Waals surface area contributed by atoms with Gasteiger partial charge in [-0.3, -0.25) is 0 Å². The van der Waals surface area contributed by atoms with Crippen molar-refractivity contribution in [3.63, 3.8) is 0 Å². The molecule has 0 spiro atoms. The molecule has 4 nitrogen and oxygen atoms in total. The summed E-state index contributed by atoms with van der Waals surface area (Å²) in [5.74, 6) is 0.588. The molecule has 0 N–H and O–H groups in total. The van der Waals surface area contributed by atoms with Crippen LogP contribution in [-0.4, -0.2) is 18.0 Å². The smallest absolute Gasteiger partial charge is 0.363 e. The molecule has 0 aliphatic carbocycles. The number of halogens is 1. The third kappa shape index (κ3) is 3.74. The van der Waals surface area contributed by atoms with E-state index in [4.69, 9.17) is 9.47 Å². The topological polar surface area (TPSA) is 47.9 Å². The van der Waals surface area contributed by atoms with Gasteiger partial charge in [0.1, 0.15) is 5.75 Å². The first-order valence-electron chi connectivity index (χ1n) is 7.57. The molecule has 1 aliphatic rings. The van der Waals surface area contributed by atoms with Gasteiger partial charge in [0.2, 0.25) is 5.90 Å². The van der Waals surface area contributed by atoms with Crippen LogP contribution in [0.25, 0.3) is 6.08 Å². The van der Waals surface area contributed by atoms with Crippen molar-refractivity contribution in [2.24, 2.45) is 4.99 Å². The van der Waals surface area contributed by atoms with Crippen LogP contribution in [0.3, 0.4) is 0 Å². The highest BCUT2D eigenvalue weighted by atomic mass is 79.9. The molecular formula is C19H16BrNO3. The van der Waals surface area contributed by atoms with Crippen LogP contribution in [0.15, 0.2) is 63.7 Å². The van der Waals surface area contributed by atoms with Crippen molar-refractivity contribution in [3.8, 4) is 5.75 Å². The van der Waals surface area contributed by atoms with Gasteiger partial charge in [0, 0.05) is 4.47 Å². The number of carbonyl (C=O) groups is 1. The Morgan fingerprint density at radius 1 is 1.17 bits per heavy atom. The number of benzene rings is 2. The molecule has 0 bridgehead atoms. The van der Waals surface area contributed by atoms with Crippen LogP contribution < -0.4 is 4.74 Å². The number of hydrogen-bond donors (Lipinski definition) is 0. The zero-order valence-corrected chi connectivity index (χ0v) is 14.9. The van der Waals surface area contributed by atoms with E-state index in [1.165, 1.54) is 0 Å². The number of hydrogen-bond acceptors (Lipinski definition) is 4. The Morgan fingerprint density at radius 3 is 2.71 bits per heavy atom. The monoisotopic (exact) mass is 385 g/mol. The van der Waals surface area contributed by atoms with Gasteiger partial charge in [0.15, 0.2) is 5.70 Å². The lowest BCUT2D eigenvalue weighted by Gasteiger charge is -2.09. The Balaban J connectivity index is 1.90. The van der Waals surface area contributed by atoms with Crippen LogP contribution >= 0.6 is 15.9 Å². The lowest BCUT2D eigenvalue weighted by Crippen LogP contribution is -2.06. The maximum atomic E-state index is 12.1. The van der Waals surface area contributed by atoms with E-state index in [2.05, 4.69) is 20.9 Å². The highest BCUT2D eigenvalue weighted by molar-refractivity contribution is 9.10. The molecule has 0 saturated carbocycles. The van der Waals surface area contributed by atoms with Gasteiger partial charge in [0.05, 0.1) is 11.7 Å². The number of nitrogens with zero attached hydrogens (tertiary/aromatic N) is 1. The Labute approximate surface area is 148 Å². The van der Waals surface area contributed by atoms with E-state index in [1.54, 1.807) is 6.08 Å². The fraction of sp³-hybridized carbons (Fsp3) is 0.158. The molecule has 0 aromatic heterocycles. The Hall–Kier alpha value is -2.40. The summed E-state index contributed by atoms with van der Waals surface area (Å²) in [5, 5.41) is 0. The highest BCUT2D eigenvalue weighted by Crippen LogP contribution is 2.24. The summed E-state index contributed by atoms with van der Waals surface area (Å²) in [6.07, 6.45) is 1.78. The lowest BCUT2D eigenvalue weighted by atomic mass is 10.2. The van der Waals surface area contributed by atoms with Gasteiger partial charge < -0.3 is 9.47 Å². The largest absolute Gasteiger partial charge is 0.491 e. The van der Waals surface area contributed by atoms with E-state index >= 15 is 0 Å². The third-order valence-electron chi connectivity index (χ3n) is 3.26. The second-order valence-corrected chi connectivity index (χ2v) is 6.41. The molecule has 0 radical (unpaired) electrons. The predicted octanol–water partition coefficient (Wildman–Crippen LogP) is 4.58. The molecule has 2 aromatic carbocycles. The summed E-state index contributed by atoms with van der Waals surface area (Å²) in [6, 6.07) is 15.0. The van der Waals surface area contributed by atoms with Gasteiger partial charge in [-0.05, 0) is 65.7 Å². The molecule has 122 valence electrons. The first kappa shape index (κ1) is 16.5. The van der Waals surface area contributed by atoms with Crippen LogP contribution in [0.1, 0.15) is 25.0 Å². The number of rotatable bonds is 4. The molecule has 3 rings (SSSR count). The Kier molecular flexibility index (Phi) is 4.81. The second kappa shape index (κ2) is 7.01. The fourth-order valence-corrected chi connectivity index (χ4v) is 2.72. The summed E-state index contributed by atoms with van der Waals surface area (Å²) in [4.78, 5) is 16.4. The first-order chi connectivity index (χ1) is 11.5. The lowest BCUT2D eigenvalue weighted by molar-refractivity contribution is -0.129. The molecule has 5 heteroatoms. The molecule has 0 saturated heterocycles. The molecule has 0 atom stereocenters. The summed E-state index contributed by atoms with van der Waals surface area (Å²) >= 11 is 3.44. The summed E-state index contributed by atoms with van der Waals surface area (Å²) in [6.45, 7) is 3.93. The SMILES string of the molecule is CC(C)Oc1cccc(/C=C2\N=C(c3ccccc3Br)OC2=O)c1. The van der Waals surface area contributed by atoms with Crippen LogP contribution in [0.2, 0.25) is 0 Å².